The van der Waals surface area contributed by atoms with Crippen molar-refractivity contribution in [2.24, 2.45) is 17.6 Å². The topological polar surface area (TPSA) is 99.0 Å². The third-order valence-electron chi connectivity index (χ3n) is 9.19. The van der Waals surface area contributed by atoms with Gasteiger partial charge in [0.15, 0.2) is 0 Å². The van der Waals surface area contributed by atoms with Gasteiger partial charge in [0.2, 0.25) is 10.0 Å². The van der Waals surface area contributed by atoms with E-state index in [4.69, 9.17) is 5.73 Å². The molecule has 2 unspecified atom stereocenters. The molecule has 0 aliphatic carbocycles. The van der Waals surface area contributed by atoms with Crippen LogP contribution in [0.15, 0.2) is 23.6 Å². The van der Waals surface area contributed by atoms with Gasteiger partial charge in [0.1, 0.15) is 0 Å². The Morgan fingerprint density at radius 1 is 1.15 bits per heavy atom. The smallest absolute Gasteiger partial charge is 0.250 e. The van der Waals surface area contributed by atoms with Crippen LogP contribution in [0.1, 0.15) is 66.8 Å². The number of fused-ring (bicyclic) bond motifs is 1. The summed E-state index contributed by atoms with van der Waals surface area (Å²) in [6, 6.07) is 7.04. The number of benzene rings is 1. The van der Waals surface area contributed by atoms with E-state index >= 15 is 0 Å². The van der Waals surface area contributed by atoms with E-state index in [9.17, 15) is 13.2 Å². The fourth-order valence-electron chi connectivity index (χ4n) is 6.86. The van der Waals surface area contributed by atoms with Crippen LogP contribution in [-0.4, -0.2) is 86.5 Å². The second-order valence-corrected chi connectivity index (χ2v) is 15.5. The lowest BCUT2D eigenvalue weighted by Gasteiger charge is -2.34. The number of carbonyl (C=O) groups is 1. The van der Waals surface area contributed by atoms with Crippen molar-refractivity contribution in [3.63, 3.8) is 0 Å². The SMILES string of the molecule is CCS(=O)(=O)N1CCC(C2CNc3c(C(N)=O)cc(-c4csc(CN(C)CC5CCN(C(C)C)C5)c4)cc32)CC1. The van der Waals surface area contributed by atoms with E-state index in [0.717, 1.165) is 60.8 Å². The average Bonchev–Trinajstić information content (AvgIpc) is 3.68. The Morgan fingerprint density at radius 3 is 2.55 bits per heavy atom. The first-order valence-electron chi connectivity index (χ1n) is 14.8. The maximum absolute atomic E-state index is 12.5. The molecule has 3 aliphatic heterocycles. The number of sulfonamides is 1. The second kappa shape index (κ2) is 12.1. The van der Waals surface area contributed by atoms with Crippen molar-refractivity contribution >= 4 is 33.0 Å². The molecular formula is C30H45N5O3S2. The summed E-state index contributed by atoms with van der Waals surface area (Å²) in [4.78, 5) is 18.8. The minimum atomic E-state index is -3.16. The maximum atomic E-state index is 12.5. The van der Waals surface area contributed by atoms with Crippen LogP contribution >= 0.6 is 11.3 Å². The summed E-state index contributed by atoms with van der Waals surface area (Å²) in [6.45, 7) is 12.5. The van der Waals surface area contributed by atoms with Gasteiger partial charge in [0, 0.05) is 56.1 Å². The number of nitrogens with zero attached hydrogens (tertiary/aromatic N) is 3. The Labute approximate surface area is 244 Å². The van der Waals surface area contributed by atoms with Crippen LogP contribution in [-0.2, 0) is 16.6 Å². The van der Waals surface area contributed by atoms with Gasteiger partial charge in [0.25, 0.3) is 5.91 Å². The highest BCUT2D eigenvalue weighted by molar-refractivity contribution is 7.89. The number of likely N-dealkylation sites (tertiary alicyclic amines) is 1. The number of nitrogens with one attached hydrogen (secondary N) is 1. The molecule has 10 heteroatoms. The number of amides is 1. The molecule has 2 aromatic rings. The Hall–Kier alpha value is -1.98. The maximum Gasteiger partial charge on any atom is 0.250 e. The van der Waals surface area contributed by atoms with E-state index in [0.29, 0.717) is 30.6 Å². The van der Waals surface area contributed by atoms with Crippen LogP contribution in [0.25, 0.3) is 11.1 Å². The standard InChI is InChI=1S/C30H45N5O3S2/c1-5-40(37,38)35-10-7-22(8-11-35)28-15-32-29-26(28)13-23(14-27(29)30(31)36)24-12-25(39-19-24)18-33(4)16-21-6-9-34(17-21)20(2)3/h12-14,19-22,28,32H,5-11,15-18H2,1-4H3,(H2,31,36). The van der Waals surface area contributed by atoms with Crippen LogP contribution in [0.5, 0.6) is 0 Å². The molecule has 1 aromatic carbocycles. The Morgan fingerprint density at radius 2 is 1.90 bits per heavy atom. The van der Waals surface area contributed by atoms with E-state index < -0.39 is 15.9 Å². The molecule has 0 saturated carbocycles. The van der Waals surface area contributed by atoms with E-state index in [1.807, 2.05) is 6.07 Å². The molecule has 2 fully saturated rings. The third-order valence-corrected chi connectivity index (χ3v) is 12.0. The number of anilines is 1. The van der Waals surface area contributed by atoms with Crippen LogP contribution in [0, 0.1) is 11.8 Å². The van der Waals surface area contributed by atoms with E-state index in [1.54, 1.807) is 22.6 Å². The Bertz CT molecular complexity index is 1320. The molecule has 2 saturated heterocycles. The highest BCUT2D eigenvalue weighted by Crippen LogP contribution is 2.44. The molecule has 2 atom stereocenters. The number of primary amides is 1. The summed E-state index contributed by atoms with van der Waals surface area (Å²) >= 11 is 1.77. The Balaban J connectivity index is 1.30. The summed E-state index contributed by atoms with van der Waals surface area (Å²) in [6.07, 6.45) is 2.92. The minimum Gasteiger partial charge on any atom is -0.384 e. The van der Waals surface area contributed by atoms with Gasteiger partial charge in [0.05, 0.1) is 17.0 Å². The molecule has 40 heavy (non-hydrogen) atoms. The fraction of sp³-hybridized carbons (Fsp3) is 0.633. The first kappa shape index (κ1) is 29.5. The fourth-order valence-corrected chi connectivity index (χ4v) is 8.97. The molecular weight excluding hydrogens is 542 g/mol. The number of carbonyl (C=O) groups excluding carboxylic acids is 1. The largest absolute Gasteiger partial charge is 0.384 e. The van der Waals surface area contributed by atoms with Crippen molar-refractivity contribution in [2.45, 2.75) is 58.5 Å². The molecule has 4 heterocycles. The van der Waals surface area contributed by atoms with Crippen LogP contribution < -0.4 is 11.1 Å². The monoisotopic (exact) mass is 587 g/mol. The van der Waals surface area contributed by atoms with Gasteiger partial charge in [-0.1, -0.05) is 0 Å². The predicted molar refractivity (Wildman–Crippen MR) is 164 cm³/mol. The van der Waals surface area contributed by atoms with Crippen molar-refractivity contribution in [3.05, 3.63) is 39.6 Å². The summed E-state index contributed by atoms with van der Waals surface area (Å²) < 4.78 is 26.3. The number of hydrogen-bond acceptors (Lipinski definition) is 7. The molecule has 220 valence electrons. The van der Waals surface area contributed by atoms with E-state index in [1.165, 1.54) is 24.4 Å². The van der Waals surface area contributed by atoms with Crippen molar-refractivity contribution in [1.82, 2.24) is 14.1 Å². The van der Waals surface area contributed by atoms with Crippen molar-refractivity contribution in [2.75, 3.05) is 57.4 Å². The van der Waals surface area contributed by atoms with Crippen LogP contribution in [0.3, 0.4) is 0 Å². The van der Waals surface area contributed by atoms with Crippen LogP contribution in [0.2, 0.25) is 0 Å². The highest BCUT2D eigenvalue weighted by atomic mass is 32.2. The molecule has 1 aromatic heterocycles. The van der Waals surface area contributed by atoms with Gasteiger partial charge < -0.3 is 20.9 Å². The first-order valence-corrected chi connectivity index (χ1v) is 17.2. The molecule has 3 aliphatic rings. The van der Waals surface area contributed by atoms with Crippen molar-refractivity contribution in [3.8, 4) is 11.1 Å². The van der Waals surface area contributed by atoms with Crippen molar-refractivity contribution in [1.29, 1.82) is 0 Å². The summed E-state index contributed by atoms with van der Waals surface area (Å²) in [5, 5.41) is 5.66. The number of nitrogens with two attached hydrogens (primary N) is 1. The first-order chi connectivity index (χ1) is 19.1. The molecule has 0 bridgehead atoms. The summed E-state index contributed by atoms with van der Waals surface area (Å²) in [5.41, 5.74) is 10.5. The van der Waals surface area contributed by atoms with Crippen LogP contribution in [0.4, 0.5) is 5.69 Å². The molecule has 8 nitrogen and oxygen atoms in total. The third kappa shape index (κ3) is 6.26. The lowest BCUT2D eigenvalue weighted by Crippen LogP contribution is -2.40. The van der Waals surface area contributed by atoms with Gasteiger partial charge in [-0.15, -0.1) is 11.3 Å². The zero-order chi connectivity index (χ0) is 28.6. The summed E-state index contributed by atoms with van der Waals surface area (Å²) in [5.74, 6) is 1.05. The van der Waals surface area contributed by atoms with E-state index in [2.05, 4.69) is 53.5 Å². The zero-order valence-corrected chi connectivity index (χ0v) is 26.0. The summed E-state index contributed by atoms with van der Waals surface area (Å²) in [7, 11) is -0.943. The van der Waals surface area contributed by atoms with Gasteiger partial charge in [-0.25, -0.2) is 12.7 Å². The van der Waals surface area contributed by atoms with Gasteiger partial charge in [-0.2, -0.15) is 0 Å². The normalized spacial score (nSPS) is 22.8. The molecule has 1 amide bonds. The molecule has 0 spiro atoms. The van der Waals surface area contributed by atoms with Gasteiger partial charge >= 0.3 is 0 Å². The molecule has 3 N–H and O–H groups in total. The predicted octanol–water partition coefficient (Wildman–Crippen LogP) is 4.25. The van der Waals surface area contributed by atoms with Gasteiger partial charge in [-0.05, 0) is 106 Å². The lowest BCUT2D eigenvalue weighted by molar-refractivity contribution is 0.100. The second-order valence-electron chi connectivity index (χ2n) is 12.2. The number of thiophene rings is 1. The average molecular weight is 588 g/mol. The Kier molecular flexibility index (Phi) is 8.92. The van der Waals surface area contributed by atoms with E-state index in [-0.39, 0.29) is 11.7 Å². The number of piperidine rings is 1. The quantitative estimate of drug-likeness (QED) is 0.431. The van der Waals surface area contributed by atoms with Crippen molar-refractivity contribution < 1.29 is 13.2 Å². The minimum absolute atomic E-state index is 0.145. The number of hydrogen-bond donors (Lipinski definition) is 2. The highest BCUT2D eigenvalue weighted by Gasteiger charge is 2.36. The molecule has 5 rings (SSSR count). The molecule has 0 radical (unpaired) electrons. The zero-order valence-electron chi connectivity index (χ0n) is 24.4. The van der Waals surface area contributed by atoms with Gasteiger partial charge in [-0.3, -0.25) is 4.79 Å². The number of rotatable bonds is 10. The lowest BCUT2D eigenvalue weighted by atomic mass is 9.80.